The number of pyridine rings is 1. The summed E-state index contributed by atoms with van der Waals surface area (Å²) in [6.07, 6.45) is 0.558. The van der Waals surface area contributed by atoms with Crippen molar-refractivity contribution < 1.29 is 13.2 Å². The van der Waals surface area contributed by atoms with Crippen LogP contribution in [0.15, 0.2) is 48.9 Å². The van der Waals surface area contributed by atoms with Crippen molar-refractivity contribution in [1.29, 1.82) is 0 Å². The first kappa shape index (κ1) is 14.4. The highest BCUT2D eigenvalue weighted by Gasteiger charge is 2.28. The summed E-state index contributed by atoms with van der Waals surface area (Å²) in [5, 5.41) is 9.12. The number of hydrogen-bond acceptors (Lipinski definition) is 3. The van der Waals surface area contributed by atoms with E-state index in [2.05, 4.69) is 15.4 Å². The molecule has 2 heterocycles. The Morgan fingerprint density at radius 1 is 1.09 bits per heavy atom. The maximum Gasteiger partial charge on any atom is 0.408 e. The molecule has 0 unspecified atom stereocenters. The molecule has 0 radical (unpaired) electrons. The number of alkyl halides is 3. The fourth-order valence-corrected chi connectivity index (χ4v) is 2.16. The number of rotatable bonds is 4. The number of halogens is 3. The van der Waals surface area contributed by atoms with Crippen molar-refractivity contribution >= 4 is 16.5 Å². The zero-order valence-corrected chi connectivity index (χ0v) is 11.5. The van der Waals surface area contributed by atoms with Crippen LogP contribution in [0.3, 0.4) is 0 Å². The Hall–Kier alpha value is -2.57. The SMILES string of the molecule is FC(F)(F)Cn1ccc(CNc2ccc3cnccc3c2)n1. The summed E-state index contributed by atoms with van der Waals surface area (Å²) in [6.45, 7) is -0.711. The van der Waals surface area contributed by atoms with E-state index >= 15 is 0 Å². The van der Waals surface area contributed by atoms with Gasteiger partial charge in [0.25, 0.3) is 0 Å². The minimum absolute atomic E-state index is 0.363. The third-order valence-corrected chi connectivity index (χ3v) is 3.15. The average Bonchev–Trinajstić information content (AvgIpc) is 2.90. The molecule has 1 N–H and O–H groups in total. The molecule has 0 aliphatic heterocycles. The molecule has 0 saturated carbocycles. The van der Waals surface area contributed by atoms with E-state index in [1.165, 1.54) is 6.20 Å². The second-order valence-corrected chi connectivity index (χ2v) is 4.91. The lowest BCUT2D eigenvalue weighted by Gasteiger charge is -2.07. The summed E-state index contributed by atoms with van der Waals surface area (Å²) in [7, 11) is 0. The van der Waals surface area contributed by atoms with Crippen LogP contribution in [0, 0.1) is 0 Å². The quantitative estimate of drug-likeness (QED) is 0.801. The van der Waals surface area contributed by atoms with Crippen molar-refractivity contribution in [2.24, 2.45) is 0 Å². The molecule has 0 atom stereocenters. The summed E-state index contributed by atoms with van der Waals surface area (Å²) in [4.78, 5) is 4.04. The van der Waals surface area contributed by atoms with Gasteiger partial charge < -0.3 is 5.32 Å². The molecule has 0 fully saturated rings. The Morgan fingerprint density at radius 2 is 1.95 bits per heavy atom. The van der Waals surface area contributed by atoms with Gasteiger partial charge in [-0.25, -0.2) is 0 Å². The summed E-state index contributed by atoms with van der Waals surface area (Å²) < 4.78 is 37.7. The molecule has 0 bridgehead atoms. The van der Waals surface area contributed by atoms with Crippen LogP contribution in [0.5, 0.6) is 0 Å². The third kappa shape index (κ3) is 3.55. The highest BCUT2D eigenvalue weighted by Crippen LogP contribution is 2.19. The standard InChI is InChI=1S/C15H13F3N4/c16-15(17,18)10-22-6-4-14(21-22)9-20-13-2-1-12-8-19-5-3-11(12)7-13/h1-8,20H,9-10H2. The highest BCUT2D eigenvalue weighted by molar-refractivity contribution is 5.84. The monoisotopic (exact) mass is 306 g/mol. The fraction of sp³-hybridized carbons (Fsp3) is 0.200. The second kappa shape index (κ2) is 5.67. The van der Waals surface area contributed by atoms with E-state index in [1.807, 2.05) is 24.3 Å². The van der Waals surface area contributed by atoms with E-state index in [4.69, 9.17) is 0 Å². The average molecular weight is 306 g/mol. The minimum atomic E-state index is -4.26. The van der Waals surface area contributed by atoms with Crippen LogP contribution in [-0.4, -0.2) is 20.9 Å². The van der Waals surface area contributed by atoms with Gasteiger partial charge in [0, 0.05) is 29.7 Å². The normalized spacial score (nSPS) is 11.8. The van der Waals surface area contributed by atoms with Crippen molar-refractivity contribution in [3.63, 3.8) is 0 Å². The number of nitrogens with zero attached hydrogens (tertiary/aromatic N) is 3. The van der Waals surface area contributed by atoms with Gasteiger partial charge in [-0.1, -0.05) is 6.07 Å². The largest absolute Gasteiger partial charge is 0.408 e. The zero-order valence-electron chi connectivity index (χ0n) is 11.5. The van der Waals surface area contributed by atoms with Crippen LogP contribution in [0.4, 0.5) is 18.9 Å². The van der Waals surface area contributed by atoms with Gasteiger partial charge in [-0.3, -0.25) is 9.67 Å². The third-order valence-electron chi connectivity index (χ3n) is 3.15. The van der Waals surface area contributed by atoms with Gasteiger partial charge >= 0.3 is 6.18 Å². The predicted molar refractivity (Wildman–Crippen MR) is 77.4 cm³/mol. The molecule has 7 heteroatoms. The molecule has 22 heavy (non-hydrogen) atoms. The van der Waals surface area contributed by atoms with Crippen LogP contribution in [0.2, 0.25) is 0 Å². The zero-order chi connectivity index (χ0) is 15.6. The Bertz CT molecular complexity index is 780. The lowest BCUT2D eigenvalue weighted by molar-refractivity contribution is -0.142. The summed E-state index contributed by atoms with van der Waals surface area (Å²) in [5.74, 6) is 0. The topological polar surface area (TPSA) is 42.7 Å². The van der Waals surface area contributed by atoms with Gasteiger partial charge in [0.2, 0.25) is 0 Å². The first-order valence-electron chi connectivity index (χ1n) is 6.66. The van der Waals surface area contributed by atoms with Gasteiger partial charge in [0.05, 0.1) is 12.2 Å². The molecule has 4 nitrogen and oxygen atoms in total. The Kier molecular flexibility index (Phi) is 3.70. The summed E-state index contributed by atoms with van der Waals surface area (Å²) in [5.41, 5.74) is 1.43. The van der Waals surface area contributed by atoms with E-state index < -0.39 is 12.7 Å². The lowest BCUT2D eigenvalue weighted by Crippen LogP contribution is -2.18. The van der Waals surface area contributed by atoms with E-state index in [-0.39, 0.29) is 0 Å². The summed E-state index contributed by atoms with van der Waals surface area (Å²) in [6, 6.07) is 9.27. The van der Waals surface area contributed by atoms with Crippen LogP contribution in [0.25, 0.3) is 10.8 Å². The van der Waals surface area contributed by atoms with Crippen LogP contribution < -0.4 is 5.32 Å². The number of fused-ring (bicyclic) bond motifs is 1. The first-order chi connectivity index (χ1) is 10.5. The van der Waals surface area contributed by atoms with Gasteiger partial charge in [-0.15, -0.1) is 0 Å². The van der Waals surface area contributed by atoms with Crippen molar-refractivity contribution in [1.82, 2.24) is 14.8 Å². The molecule has 0 spiro atoms. The Labute approximate surface area is 124 Å². The molecule has 2 aromatic heterocycles. The van der Waals surface area contributed by atoms with Gasteiger partial charge in [0.15, 0.2) is 0 Å². The van der Waals surface area contributed by atoms with Crippen molar-refractivity contribution in [2.75, 3.05) is 5.32 Å². The van der Waals surface area contributed by atoms with E-state index in [1.54, 1.807) is 18.5 Å². The van der Waals surface area contributed by atoms with E-state index in [0.29, 0.717) is 12.2 Å². The van der Waals surface area contributed by atoms with E-state index in [0.717, 1.165) is 21.1 Å². The number of aromatic nitrogens is 3. The molecule has 3 aromatic rings. The molecular weight excluding hydrogens is 293 g/mol. The maximum absolute atomic E-state index is 12.3. The van der Waals surface area contributed by atoms with Crippen LogP contribution in [-0.2, 0) is 13.1 Å². The Balaban J connectivity index is 1.66. The molecule has 3 rings (SSSR count). The molecule has 0 saturated heterocycles. The van der Waals surface area contributed by atoms with Crippen molar-refractivity contribution in [3.8, 4) is 0 Å². The van der Waals surface area contributed by atoms with Crippen molar-refractivity contribution in [3.05, 3.63) is 54.6 Å². The fourth-order valence-electron chi connectivity index (χ4n) is 2.16. The summed E-state index contributed by atoms with van der Waals surface area (Å²) >= 11 is 0. The molecule has 114 valence electrons. The number of anilines is 1. The Morgan fingerprint density at radius 3 is 2.77 bits per heavy atom. The van der Waals surface area contributed by atoms with E-state index in [9.17, 15) is 13.2 Å². The highest BCUT2D eigenvalue weighted by atomic mass is 19.4. The maximum atomic E-state index is 12.3. The van der Waals surface area contributed by atoms with Gasteiger partial charge in [-0.2, -0.15) is 18.3 Å². The minimum Gasteiger partial charge on any atom is -0.379 e. The second-order valence-electron chi connectivity index (χ2n) is 4.91. The number of benzene rings is 1. The first-order valence-corrected chi connectivity index (χ1v) is 6.66. The number of hydrogen-bond donors (Lipinski definition) is 1. The smallest absolute Gasteiger partial charge is 0.379 e. The van der Waals surface area contributed by atoms with Crippen molar-refractivity contribution in [2.45, 2.75) is 19.3 Å². The van der Waals surface area contributed by atoms with Crippen LogP contribution >= 0.6 is 0 Å². The molecular formula is C15H13F3N4. The van der Waals surface area contributed by atoms with Crippen LogP contribution in [0.1, 0.15) is 5.69 Å². The van der Waals surface area contributed by atoms with Gasteiger partial charge in [0.1, 0.15) is 6.54 Å². The lowest BCUT2D eigenvalue weighted by atomic mass is 10.1. The number of nitrogens with one attached hydrogen (secondary N) is 1. The molecule has 0 aliphatic rings. The molecule has 0 aliphatic carbocycles. The molecule has 1 aromatic carbocycles. The van der Waals surface area contributed by atoms with Gasteiger partial charge in [-0.05, 0) is 29.7 Å². The predicted octanol–water partition coefficient (Wildman–Crippen LogP) is 3.61. The molecule has 0 amide bonds.